The number of esters is 1. The van der Waals surface area contributed by atoms with E-state index in [1.54, 1.807) is 6.07 Å². The van der Waals surface area contributed by atoms with Crippen molar-refractivity contribution in [3.05, 3.63) is 40.5 Å². The maximum atomic E-state index is 13.0. The van der Waals surface area contributed by atoms with Crippen molar-refractivity contribution in [2.75, 3.05) is 6.61 Å². The van der Waals surface area contributed by atoms with E-state index in [2.05, 4.69) is 9.72 Å². The van der Waals surface area contributed by atoms with Gasteiger partial charge in [0.05, 0.1) is 22.7 Å². The zero-order valence-corrected chi connectivity index (χ0v) is 11.0. The molecule has 106 valence electrons. The largest absolute Gasteiger partial charge is 0.462 e. The summed E-state index contributed by atoms with van der Waals surface area (Å²) in [5.74, 6) is -1.06. The molecule has 0 unspecified atom stereocenters. The van der Waals surface area contributed by atoms with Crippen LogP contribution in [0.25, 0.3) is 10.9 Å². The van der Waals surface area contributed by atoms with E-state index in [-0.39, 0.29) is 17.1 Å². The SMILES string of the molecule is CCOC(=O)c1cc2cccc(Cl)c2nc1C(F)(F)F. The number of hydrogen-bond acceptors (Lipinski definition) is 3. The molecule has 1 aromatic carbocycles. The molecule has 0 fully saturated rings. The Labute approximate surface area is 117 Å². The molecule has 0 spiro atoms. The lowest BCUT2D eigenvalue weighted by Crippen LogP contribution is -2.17. The number of rotatable bonds is 2. The Morgan fingerprint density at radius 3 is 2.70 bits per heavy atom. The lowest BCUT2D eigenvalue weighted by molar-refractivity contribution is -0.141. The zero-order valence-electron chi connectivity index (χ0n) is 10.3. The van der Waals surface area contributed by atoms with Crippen LogP contribution < -0.4 is 0 Å². The Kier molecular flexibility index (Phi) is 3.85. The Hall–Kier alpha value is -1.82. The second kappa shape index (κ2) is 5.28. The minimum atomic E-state index is -4.77. The number of fused-ring (bicyclic) bond motifs is 1. The third kappa shape index (κ3) is 2.70. The molecule has 1 aromatic heterocycles. The molecule has 0 N–H and O–H groups in total. The van der Waals surface area contributed by atoms with Crippen LogP contribution in [0, 0.1) is 0 Å². The van der Waals surface area contributed by atoms with Crippen LogP contribution in [0.3, 0.4) is 0 Å². The molecule has 3 nitrogen and oxygen atoms in total. The van der Waals surface area contributed by atoms with Crippen molar-refractivity contribution < 1.29 is 22.7 Å². The molecular weight excluding hydrogens is 295 g/mol. The molecule has 0 atom stereocenters. The highest BCUT2D eigenvalue weighted by Gasteiger charge is 2.38. The van der Waals surface area contributed by atoms with Gasteiger partial charge in [0.2, 0.25) is 0 Å². The van der Waals surface area contributed by atoms with Gasteiger partial charge in [-0.15, -0.1) is 0 Å². The van der Waals surface area contributed by atoms with Gasteiger partial charge in [-0.2, -0.15) is 13.2 Å². The first-order valence-electron chi connectivity index (χ1n) is 5.68. The molecule has 0 saturated carbocycles. The van der Waals surface area contributed by atoms with E-state index in [4.69, 9.17) is 11.6 Å². The number of benzene rings is 1. The molecule has 2 aromatic rings. The molecule has 7 heteroatoms. The minimum absolute atomic E-state index is 0.00506. The number of pyridine rings is 1. The second-order valence-corrected chi connectivity index (χ2v) is 4.32. The first-order valence-corrected chi connectivity index (χ1v) is 6.06. The van der Waals surface area contributed by atoms with Gasteiger partial charge in [0.1, 0.15) is 0 Å². The van der Waals surface area contributed by atoms with Gasteiger partial charge in [0, 0.05) is 5.39 Å². The number of ether oxygens (including phenoxy) is 1. The maximum absolute atomic E-state index is 13.0. The lowest BCUT2D eigenvalue weighted by atomic mass is 10.1. The van der Waals surface area contributed by atoms with Gasteiger partial charge >= 0.3 is 12.1 Å². The quantitative estimate of drug-likeness (QED) is 0.785. The summed E-state index contributed by atoms with van der Waals surface area (Å²) in [6.45, 7) is 1.49. The van der Waals surface area contributed by atoms with Crippen LogP contribution in [0.2, 0.25) is 5.02 Å². The topological polar surface area (TPSA) is 39.2 Å². The molecule has 0 aliphatic heterocycles. The molecule has 0 saturated heterocycles. The fourth-order valence-corrected chi connectivity index (χ4v) is 1.97. The van der Waals surface area contributed by atoms with E-state index in [1.807, 2.05) is 0 Å². The molecule has 0 aliphatic carbocycles. The van der Waals surface area contributed by atoms with Gasteiger partial charge in [-0.05, 0) is 19.1 Å². The highest BCUT2D eigenvalue weighted by Crippen LogP contribution is 2.34. The van der Waals surface area contributed by atoms with Crippen LogP contribution in [0.5, 0.6) is 0 Å². The molecule has 0 aliphatic rings. The molecule has 0 bridgehead atoms. The second-order valence-electron chi connectivity index (χ2n) is 3.91. The Balaban J connectivity index is 2.74. The number of halogens is 4. The number of carbonyl (C=O) groups is 1. The normalized spacial score (nSPS) is 11.7. The van der Waals surface area contributed by atoms with Crippen molar-refractivity contribution >= 4 is 28.5 Å². The van der Waals surface area contributed by atoms with Crippen molar-refractivity contribution in [3.8, 4) is 0 Å². The van der Waals surface area contributed by atoms with Crippen molar-refractivity contribution in [2.24, 2.45) is 0 Å². The summed E-state index contributed by atoms with van der Waals surface area (Å²) < 4.78 is 43.6. The van der Waals surface area contributed by atoms with Gasteiger partial charge < -0.3 is 4.74 Å². The first-order chi connectivity index (χ1) is 9.34. The molecule has 0 amide bonds. The molecule has 1 heterocycles. The van der Waals surface area contributed by atoms with Gasteiger partial charge in [0.25, 0.3) is 0 Å². The van der Waals surface area contributed by atoms with Crippen molar-refractivity contribution in [1.82, 2.24) is 4.98 Å². The number of carbonyl (C=O) groups excluding carboxylic acids is 1. The summed E-state index contributed by atoms with van der Waals surface area (Å²) in [6, 6.07) is 5.61. The summed E-state index contributed by atoms with van der Waals surface area (Å²) in [5, 5.41) is 0.428. The van der Waals surface area contributed by atoms with Crippen molar-refractivity contribution in [3.63, 3.8) is 0 Å². The third-order valence-corrected chi connectivity index (χ3v) is 2.87. The summed E-state index contributed by atoms with van der Waals surface area (Å²) >= 11 is 5.83. The van der Waals surface area contributed by atoms with Gasteiger partial charge in [-0.3, -0.25) is 0 Å². The molecule has 0 radical (unpaired) electrons. The number of nitrogens with zero attached hydrogens (tertiary/aromatic N) is 1. The van der Waals surface area contributed by atoms with Gasteiger partial charge in [-0.25, -0.2) is 9.78 Å². The van der Waals surface area contributed by atoms with E-state index in [1.165, 1.54) is 19.1 Å². The summed E-state index contributed by atoms with van der Waals surface area (Å²) in [5.41, 5.74) is -1.92. The molecule has 20 heavy (non-hydrogen) atoms. The fourth-order valence-electron chi connectivity index (χ4n) is 1.74. The monoisotopic (exact) mass is 303 g/mol. The lowest BCUT2D eigenvalue weighted by Gasteiger charge is -2.12. The fraction of sp³-hybridized carbons (Fsp3) is 0.231. The Bertz CT molecular complexity index is 670. The predicted octanol–water partition coefficient (Wildman–Crippen LogP) is 4.08. The minimum Gasteiger partial charge on any atom is -0.462 e. The number of alkyl halides is 3. The average Bonchev–Trinajstić information content (AvgIpc) is 2.37. The van der Waals surface area contributed by atoms with E-state index >= 15 is 0 Å². The summed E-state index contributed by atoms with van der Waals surface area (Å²) in [6.07, 6.45) is -4.77. The highest BCUT2D eigenvalue weighted by atomic mass is 35.5. The van der Waals surface area contributed by atoms with Crippen LogP contribution >= 0.6 is 11.6 Å². The summed E-state index contributed by atoms with van der Waals surface area (Å²) in [7, 11) is 0. The first kappa shape index (κ1) is 14.6. The van der Waals surface area contributed by atoms with E-state index in [0.717, 1.165) is 6.07 Å². The maximum Gasteiger partial charge on any atom is 0.434 e. The standard InChI is InChI=1S/C13H9ClF3NO2/c1-2-20-12(19)8-6-7-4-3-5-9(14)10(7)18-11(8)13(15,16)17/h3-6H,2H2,1H3. The highest BCUT2D eigenvalue weighted by molar-refractivity contribution is 6.35. The van der Waals surface area contributed by atoms with E-state index in [0.29, 0.717) is 5.39 Å². The number of aromatic nitrogens is 1. The van der Waals surface area contributed by atoms with Crippen LogP contribution in [0.4, 0.5) is 13.2 Å². The van der Waals surface area contributed by atoms with Crippen molar-refractivity contribution in [2.45, 2.75) is 13.1 Å². The predicted molar refractivity (Wildman–Crippen MR) is 67.7 cm³/mol. The Morgan fingerprint density at radius 2 is 2.10 bits per heavy atom. The van der Waals surface area contributed by atoms with Gasteiger partial charge in [0.15, 0.2) is 5.69 Å². The number of hydrogen-bond donors (Lipinski definition) is 0. The van der Waals surface area contributed by atoms with Crippen molar-refractivity contribution in [1.29, 1.82) is 0 Å². The molecule has 2 rings (SSSR count). The smallest absolute Gasteiger partial charge is 0.434 e. The van der Waals surface area contributed by atoms with Crippen LogP contribution in [-0.4, -0.2) is 17.6 Å². The third-order valence-electron chi connectivity index (χ3n) is 2.56. The van der Waals surface area contributed by atoms with E-state index < -0.39 is 23.4 Å². The van der Waals surface area contributed by atoms with E-state index in [9.17, 15) is 18.0 Å². The van der Waals surface area contributed by atoms with Crippen LogP contribution in [0.15, 0.2) is 24.3 Å². The molecular formula is C13H9ClF3NO2. The average molecular weight is 304 g/mol. The number of para-hydroxylation sites is 1. The Morgan fingerprint density at radius 1 is 1.40 bits per heavy atom. The van der Waals surface area contributed by atoms with Crippen LogP contribution in [-0.2, 0) is 10.9 Å². The zero-order chi connectivity index (χ0) is 14.9. The van der Waals surface area contributed by atoms with Crippen LogP contribution in [0.1, 0.15) is 23.0 Å². The summed E-state index contributed by atoms with van der Waals surface area (Å²) in [4.78, 5) is 15.1. The van der Waals surface area contributed by atoms with Gasteiger partial charge in [-0.1, -0.05) is 23.7 Å².